The first-order valence-electron chi connectivity index (χ1n) is 7.75. The minimum Gasteiger partial charge on any atom is -0.481 e. The van der Waals surface area contributed by atoms with Gasteiger partial charge < -0.3 is 14.8 Å². The molecule has 2 N–H and O–H groups in total. The van der Waals surface area contributed by atoms with E-state index in [-0.39, 0.29) is 6.04 Å². The van der Waals surface area contributed by atoms with Gasteiger partial charge in [-0.05, 0) is 43.7 Å². The van der Waals surface area contributed by atoms with Crippen LogP contribution in [0.15, 0.2) is 48.7 Å². The Hall–Kier alpha value is -2.84. The monoisotopic (exact) mass is 322 g/mol. The lowest BCUT2D eigenvalue weighted by molar-refractivity contribution is -0.146. The van der Waals surface area contributed by atoms with Crippen LogP contribution in [0.25, 0.3) is 10.9 Å². The van der Waals surface area contributed by atoms with Gasteiger partial charge in [0.05, 0.1) is 11.6 Å². The lowest BCUT2D eigenvalue weighted by Crippen LogP contribution is -2.38. The first kappa shape index (κ1) is 16.0. The van der Waals surface area contributed by atoms with Crippen molar-refractivity contribution in [3.8, 4) is 6.07 Å². The molecule has 1 heterocycles. The van der Waals surface area contributed by atoms with E-state index < -0.39 is 17.5 Å². The summed E-state index contributed by atoms with van der Waals surface area (Å²) in [5, 5.41) is 30.8. The number of aliphatic carboxylic acids is 1. The van der Waals surface area contributed by atoms with Gasteiger partial charge in [0.25, 0.3) is 0 Å². The average Bonchev–Trinajstić information content (AvgIpc) is 2.97. The number of allylic oxidation sites excluding steroid dienone is 2. The Morgan fingerprint density at radius 1 is 1.38 bits per heavy atom. The average molecular weight is 322 g/mol. The van der Waals surface area contributed by atoms with Gasteiger partial charge >= 0.3 is 5.97 Å². The molecule has 5 heteroatoms. The first-order valence-corrected chi connectivity index (χ1v) is 7.75. The maximum Gasteiger partial charge on any atom is 0.314 e. The molecule has 5 nitrogen and oxygen atoms in total. The summed E-state index contributed by atoms with van der Waals surface area (Å²) in [4.78, 5) is 11.6. The highest BCUT2D eigenvalue weighted by atomic mass is 16.4. The molecule has 0 aliphatic heterocycles. The third-order valence-electron chi connectivity index (χ3n) is 4.46. The zero-order valence-corrected chi connectivity index (χ0v) is 13.5. The molecule has 0 radical (unpaired) electrons. The maximum absolute atomic E-state index is 11.6. The minimum absolute atomic E-state index is 0.177. The predicted octanol–water partition coefficient (Wildman–Crippen LogP) is 3.11. The van der Waals surface area contributed by atoms with Gasteiger partial charge in [-0.15, -0.1) is 0 Å². The van der Waals surface area contributed by atoms with E-state index in [2.05, 4.69) is 6.07 Å². The van der Waals surface area contributed by atoms with E-state index in [0.29, 0.717) is 11.1 Å². The molecular weight excluding hydrogens is 304 g/mol. The highest BCUT2D eigenvalue weighted by Crippen LogP contribution is 2.40. The number of nitriles is 1. The van der Waals surface area contributed by atoms with E-state index in [9.17, 15) is 20.3 Å². The molecule has 2 aromatic rings. The van der Waals surface area contributed by atoms with Crippen molar-refractivity contribution in [2.75, 3.05) is 0 Å². The van der Waals surface area contributed by atoms with E-state index in [0.717, 1.165) is 10.9 Å². The second-order valence-electron chi connectivity index (χ2n) is 6.27. The van der Waals surface area contributed by atoms with Crippen molar-refractivity contribution in [2.24, 2.45) is 5.92 Å². The van der Waals surface area contributed by atoms with Crippen molar-refractivity contribution in [1.82, 2.24) is 4.57 Å². The number of carboxylic acid groups (broad SMARTS) is 1. The second-order valence-corrected chi connectivity index (χ2v) is 6.27. The van der Waals surface area contributed by atoms with Crippen molar-refractivity contribution in [3.63, 3.8) is 0 Å². The highest BCUT2D eigenvalue weighted by molar-refractivity contribution is 5.88. The Kier molecular flexibility index (Phi) is 3.78. The van der Waals surface area contributed by atoms with Crippen molar-refractivity contribution in [1.29, 1.82) is 5.26 Å². The fourth-order valence-corrected chi connectivity index (χ4v) is 3.26. The number of rotatable bonds is 3. The topological polar surface area (TPSA) is 86.2 Å². The number of aromatic nitrogens is 1. The van der Waals surface area contributed by atoms with E-state index in [1.165, 1.54) is 12.2 Å². The zero-order valence-electron chi connectivity index (χ0n) is 13.5. The molecule has 3 rings (SSSR count). The van der Waals surface area contributed by atoms with Gasteiger partial charge in [0.2, 0.25) is 0 Å². The predicted molar refractivity (Wildman–Crippen MR) is 90.3 cm³/mol. The van der Waals surface area contributed by atoms with Crippen LogP contribution in [0, 0.1) is 17.2 Å². The number of fused-ring (bicyclic) bond motifs is 1. The third kappa shape index (κ3) is 2.32. The van der Waals surface area contributed by atoms with Crippen LogP contribution in [0.2, 0.25) is 0 Å². The summed E-state index contributed by atoms with van der Waals surface area (Å²) < 4.78 is 2.00. The molecule has 1 aromatic heterocycles. The first-order chi connectivity index (χ1) is 11.4. The van der Waals surface area contributed by atoms with Crippen LogP contribution in [0.4, 0.5) is 0 Å². The molecule has 1 aliphatic rings. The van der Waals surface area contributed by atoms with Crippen LogP contribution in [-0.2, 0) is 10.4 Å². The Labute approximate surface area is 139 Å². The summed E-state index contributed by atoms with van der Waals surface area (Å²) in [7, 11) is 0. The lowest BCUT2D eigenvalue weighted by Gasteiger charge is -2.32. The van der Waals surface area contributed by atoms with Crippen molar-refractivity contribution >= 4 is 16.9 Å². The Bertz CT molecular complexity index is 915. The third-order valence-corrected chi connectivity index (χ3v) is 4.46. The van der Waals surface area contributed by atoms with Crippen molar-refractivity contribution < 1.29 is 15.0 Å². The molecule has 0 saturated heterocycles. The SMILES string of the molecule is CC(C)n1ccc2c(C3(O)C=CC=CC3C(=O)O)cc(C#N)cc21. The Morgan fingerprint density at radius 3 is 2.75 bits per heavy atom. The van der Waals surface area contributed by atoms with Crippen LogP contribution in [0.1, 0.15) is 31.0 Å². The Morgan fingerprint density at radius 2 is 2.12 bits per heavy atom. The largest absolute Gasteiger partial charge is 0.481 e. The smallest absolute Gasteiger partial charge is 0.314 e. The fourth-order valence-electron chi connectivity index (χ4n) is 3.26. The van der Waals surface area contributed by atoms with Crippen molar-refractivity contribution in [2.45, 2.75) is 25.5 Å². The molecule has 1 aromatic carbocycles. The van der Waals surface area contributed by atoms with Gasteiger partial charge in [-0.1, -0.05) is 18.2 Å². The molecule has 24 heavy (non-hydrogen) atoms. The van der Waals surface area contributed by atoms with Gasteiger partial charge in [0.1, 0.15) is 11.5 Å². The van der Waals surface area contributed by atoms with Crippen LogP contribution >= 0.6 is 0 Å². The van der Waals surface area contributed by atoms with E-state index in [1.54, 1.807) is 24.3 Å². The Balaban J connectivity index is 2.33. The molecular formula is C19H18N2O3. The van der Waals surface area contributed by atoms with Gasteiger partial charge in [-0.3, -0.25) is 4.79 Å². The summed E-state index contributed by atoms with van der Waals surface area (Å²) in [5.41, 5.74) is -0.0726. The van der Waals surface area contributed by atoms with E-state index in [1.807, 2.05) is 30.7 Å². The molecule has 1 aliphatic carbocycles. The summed E-state index contributed by atoms with van der Waals surface area (Å²) in [5.74, 6) is -2.22. The summed E-state index contributed by atoms with van der Waals surface area (Å²) in [6.45, 7) is 4.05. The van der Waals surface area contributed by atoms with Crippen LogP contribution in [0.5, 0.6) is 0 Å². The van der Waals surface area contributed by atoms with Gasteiger partial charge in [-0.2, -0.15) is 5.26 Å². The summed E-state index contributed by atoms with van der Waals surface area (Å²) >= 11 is 0. The zero-order chi connectivity index (χ0) is 17.5. The second kappa shape index (κ2) is 5.66. The van der Waals surface area contributed by atoms with Crippen molar-refractivity contribution in [3.05, 3.63) is 59.8 Å². The standard InChI is InChI=1S/C19H18N2O3/c1-12(2)21-8-6-14-16(9-13(11-20)10-17(14)21)19(24)7-4-3-5-15(19)18(22)23/h3-10,12,15,24H,1-2H3,(H,22,23). The molecule has 0 amide bonds. The fraction of sp³-hybridized carbons (Fsp3) is 0.263. The molecule has 0 bridgehead atoms. The van der Waals surface area contributed by atoms with Crippen LogP contribution in [0.3, 0.4) is 0 Å². The van der Waals surface area contributed by atoms with E-state index in [4.69, 9.17) is 0 Å². The number of hydrogen-bond donors (Lipinski definition) is 2. The lowest BCUT2D eigenvalue weighted by atomic mass is 9.77. The normalized spacial score (nSPS) is 22.9. The summed E-state index contributed by atoms with van der Waals surface area (Å²) in [6, 6.07) is 7.47. The van der Waals surface area contributed by atoms with Crippen LogP contribution in [-0.4, -0.2) is 20.7 Å². The molecule has 2 atom stereocenters. The number of benzene rings is 1. The van der Waals surface area contributed by atoms with Gasteiger partial charge in [-0.25, -0.2) is 0 Å². The number of carbonyl (C=O) groups is 1. The highest BCUT2D eigenvalue weighted by Gasteiger charge is 2.42. The minimum atomic E-state index is -1.70. The maximum atomic E-state index is 11.6. The van der Waals surface area contributed by atoms with E-state index >= 15 is 0 Å². The number of aliphatic hydroxyl groups is 1. The molecule has 0 fully saturated rings. The van der Waals surface area contributed by atoms with Crippen LogP contribution < -0.4 is 0 Å². The molecule has 0 spiro atoms. The van der Waals surface area contributed by atoms with Gasteiger partial charge in [0.15, 0.2) is 0 Å². The molecule has 2 unspecified atom stereocenters. The molecule has 122 valence electrons. The quantitative estimate of drug-likeness (QED) is 0.909. The number of carboxylic acids is 1. The van der Waals surface area contributed by atoms with Gasteiger partial charge in [0, 0.05) is 23.1 Å². The number of nitrogens with zero attached hydrogens (tertiary/aromatic N) is 2. The molecule has 0 saturated carbocycles. The summed E-state index contributed by atoms with van der Waals surface area (Å²) in [6.07, 6.45) is 8.07. The number of hydrogen-bond acceptors (Lipinski definition) is 3.